The molecule has 0 unspecified atom stereocenters. The van der Waals surface area contributed by atoms with Crippen molar-refractivity contribution >= 4 is 23.2 Å². The smallest absolute Gasteiger partial charge is 0.341 e. The van der Waals surface area contributed by atoms with Crippen molar-refractivity contribution in [1.29, 1.82) is 0 Å². The summed E-state index contributed by atoms with van der Waals surface area (Å²) in [6.45, 7) is 3.27. The van der Waals surface area contributed by atoms with Crippen molar-refractivity contribution in [2.45, 2.75) is 26.3 Å². The Kier molecular flexibility index (Phi) is 4.24. The molecule has 1 aliphatic heterocycles. The van der Waals surface area contributed by atoms with Crippen LogP contribution in [0.5, 0.6) is 0 Å². The fraction of sp³-hybridized carbons (Fsp3) is 0.333. The molecule has 1 fully saturated rings. The van der Waals surface area contributed by atoms with E-state index in [9.17, 15) is 9.59 Å². The Labute approximate surface area is 154 Å². The number of hydrogen-bond acceptors (Lipinski definition) is 4. The van der Waals surface area contributed by atoms with Crippen LogP contribution in [0.1, 0.15) is 18.5 Å². The van der Waals surface area contributed by atoms with Crippen LogP contribution in [0, 0.1) is 6.92 Å². The number of halogens is 1. The average molecular weight is 372 g/mol. The normalized spacial score (nSPS) is 14.3. The first-order valence-electron chi connectivity index (χ1n) is 8.54. The lowest BCUT2D eigenvalue weighted by Gasteiger charge is -2.14. The Balaban J connectivity index is 1.80. The number of nitrogens with zero attached hydrogens (tertiary/aromatic N) is 5. The second kappa shape index (κ2) is 6.57. The first-order valence-corrected chi connectivity index (χ1v) is 8.92. The molecule has 0 N–H and O–H groups in total. The molecule has 134 valence electrons. The minimum absolute atomic E-state index is 0.0610. The third-order valence-corrected chi connectivity index (χ3v) is 4.76. The summed E-state index contributed by atoms with van der Waals surface area (Å²) in [6.07, 6.45) is 2.02. The lowest BCUT2D eigenvalue weighted by atomic mass is 10.2. The molecule has 2 aromatic heterocycles. The topological polar surface area (TPSA) is 72.5 Å². The number of carbonyl (C=O) groups excluding carboxylic acids is 1. The number of fused-ring (bicyclic) bond motifs is 1. The first kappa shape index (κ1) is 16.8. The molecule has 1 saturated heterocycles. The fourth-order valence-corrected chi connectivity index (χ4v) is 3.46. The molecule has 0 atom stereocenters. The minimum Gasteiger partial charge on any atom is -0.341 e. The minimum atomic E-state index is -0.380. The molecule has 1 aromatic carbocycles. The molecule has 8 heteroatoms. The van der Waals surface area contributed by atoms with Gasteiger partial charge >= 0.3 is 5.69 Å². The SMILES string of the molecule is Cc1cc2nn(CC(=O)N3CCCC3)c(=O)n2c(-c2cccc(Cl)c2)n1. The Morgan fingerprint density at radius 3 is 2.73 bits per heavy atom. The summed E-state index contributed by atoms with van der Waals surface area (Å²) in [5.41, 5.74) is 1.54. The molecule has 26 heavy (non-hydrogen) atoms. The lowest BCUT2D eigenvalue weighted by Crippen LogP contribution is -2.35. The van der Waals surface area contributed by atoms with Gasteiger partial charge in [-0.05, 0) is 31.9 Å². The van der Waals surface area contributed by atoms with E-state index in [2.05, 4.69) is 10.1 Å². The number of amides is 1. The number of aromatic nitrogens is 4. The summed E-state index contributed by atoms with van der Waals surface area (Å²) in [5.74, 6) is 0.384. The van der Waals surface area contributed by atoms with Gasteiger partial charge in [0.25, 0.3) is 0 Å². The highest BCUT2D eigenvalue weighted by molar-refractivity contribution is 6.30. The van der Waals surface area contributed by atoms with E-state index >= 15 is 0 Å². The molecule has 4 rings (SSSR count). The summed E-state index contributed by atoms with van der Waals surface area (Å²) >= 11 is 6.09. The lowest BCUT2D eigenvalue weighted by molar-refractivity contribution is -0.131. The van der Waals surface area contributed by atoms with Gasteiger partial charge in [0.05, 0.1) is 0 Å². The highest BCUT2D eigenvalue weighted by Crippen LogP contribution is 2.21. The molecule has 3 aromatic rings. The van der Waals surface area contributed by atoms with Crippen LogP contribution in [0.2, 0.25) is 5.02 Å². The standard InChI is InChI=1S/C18H18ClN5O2/c1-12-9-15-21-23(11-16(25)22-7-2-3-8-22)18(26)24(15)17(20-12)13-5-4-6-14(19)10-13/h4-6,9-10H,2-3,7-8,11H2,1H3. The zero-order valence-electron chi connectivity index (χ0n) is 14.4. The van der Waals surface area contributed by atoms with Crippen LogP contribution >= 0.6 is 11.6 Å². The molecule has 0 aliphatic carbocycles. The molecule has 3 heterocycles. The van der Waals surface area contributed by atoms with Crippen molar-refractivity contribution in [1.82, 2.24) is 24.1 Å². The number of carbonyl (C=O) groups is 1. The van der Waals surface area contributed by atoms with Gasteiger partial charge in [0.2, 0.25) is 5.91 Å². The van der Waals surface area contributed by atoms with E-state index in [1.165, 1.54) is 9.08 Å². The van der Waals surface area contributed by atoms with Crippen LogP contribution in [-0.4, -0.2) is 43.1 Å². The summed E-state index contributed by atoms with van der Waals surface area (Å²) < 4.78 is 2.64. The van der Waals surface area contributed by atoms with Crippen LogP contribution in [0.3, 0.4) is 0 Å². The highest BCUT2D eigenvalue weighted by Gasteiger charge is 2.21. The predicted molar refractivity (Wildman–Crippen MR) is 98.2 cm³/mol. The molecular weight excluding hydrogens is 354 g/mol. The van der Waals surface area contributed by atoms with Crippen molar-refractivity contribution in [2.24, 2.45) is 0 Å². The maximum absolute atomic E-state index is 12.9. The van der Waals surface area contributed by atoms with E-state index in [4.69, 9.17) is 11.6 Å². The van der Waals surface area contributed by atoms with Crippen molar-refractivity contribution in [3.8, 4) is 11.4 Å². The van der Waals surface area contributed by atoms with E-state index in [-0.39, 0.29) is 18.1 Å². The van der Waals surface area contributed by atoms with Crippen molar-refractivity contribution in [2.75, 3.05) is 13.1 Å². The van der Waals surface area contributed by atoms with Gasteiger partial charge in [-0.2, -0.15) is 0 Å². The molecular formula is C18H18ClN5O2. The first-order chi connectivity index (χ1) is 12.5. The summed E-state index contributed by atoms with van der Waals surface area (Å²) in [4.78, 5) is 31.6. The zero-order chi connectivity index (χ0) is 18.3. The van der Waals surface area contributed by atoms with Crippen LogP contribution < -0.4 is 5.69 Å². The number of hydrogen-bond donors (Lipinski definition) is 0. The Morgan fingerprint density at radius 2 is 2.00 bits per heavy atom. The maximum Gasteiger partial charge on any atom is 0.352 e. The van der Waals surface area contributed by atoms with Gasteiger partial charge in [0.15, 0.2) is 5.65 Å². The van der Waals surface area contributed by atoms with Crippen LogP contribution in [0.25, 0.3) is 17.0 Å². The van der Waals surface area contributed by atoms with E-state index in [1.807, 2.05) is 13.0 Å². The molecule has 0 radical (unpaired) electrons. The quantitative estimate of drug-likeness (QED) is 0.707. The third kappa shape index (κ3) is 2.99. The fourth-order valence-electron chi connectivity index (χ4n) is 3.27. The van der Waals surface area contributed by atoms with E-state index in [0.29, 0.717) is 16.5 Å². The average Bonchev–Trinajstić information content (AvgIpc) is 3.23. The molecule has 1 aliphatic rings. The predicted octanol–water partition coefficient (Wildman–Crippen LogP) is 2.14. The van der Waals surface area contributed by atoms with E-state index in [0.717, 1.165) is 37.2 Å². The number of aryl methyl sites for hydroxylation is 1. The van der Waals surface area contributed by atoms with E-state index < -0.39 is 0 Å². The monoisotopic (exact) mass is 371 g/mol. The summed E-state index contributed by atoms with van der Waals surface area (Å²) in [5, 5.41) is 4.90. The Bertz CT molecular complexity index is 1050. The van der Waals surface area contributed by atoms with Gasteiger partial charge < -0.3 is 4.90 Å². The molecule has 0 saturated carbocycles. The molecule has 7 nitrogen and oxygen atoms in total. The largest absolute Gasteiger partial charge is 0.352 e. The molecule has 0 spiro atoms. The maximum atomic E-state index is 12.9. The van der Waals surface area contributed by atoms with Gasteiger partial charge in [-0.15, -0.1) is 5.10 Å². The summed E-state index contributed by atoms with van der Waals surface area (Å²) in [7, 11) is 0. The van der Waals surface area contributed by atoms with Gasteiger partial charge in [0.1, 0.15) is 12.4 Å². The molecule has 0 bridgehead atoms. The van der Waals surface area contributed by atoms with Crippen molar-refractivity contribution in [3.63, 3.8) is 0 Å². The van der Waals surface area contributed by atoms with Gasteiger partial charge in [0, 0.05) is 35.4 Å². The zero-order valence-corrected chi connectivity index (χ0v) is 15.1. The Hall–Kier alpha value is -2.67. The highest BCUT2D eigenvalue weighted by atomic mass is 35.5. The van der Waals surface area contributed by atoms with Crippen LogP contribution in [-0.2, 0) is 11.3 Å². The van der Waals surface area contributed by atoms with Crippen LogP contribution in [0.15, 0.2) is 35.1 Å². The Morgan fingerprint density at radius 1 is 1.23 bits per heavy atom. The molecule has 1 amide bonds. The van der Waals surface area contributed by atoms with E-state index in [1.54, 1.807) is 29.2 Å². The number of likely N-dealkylation sites (tertiary alicyclic amines) is 1. The number of rotatable bonds is 3. The van der Waals surface area contributed by atoms with Gasteiger partial charge in [-0.1, -0.05) is 23.7 Å². The third-order valence-electron chi connectivity index (χ3n) is 4.52. The van der Waals surface area contributed by atoms with Gasteiger partial charge in [-0.25, -0.2) is 18.9 Å². The van der Waals surface area contributed by atoms with Crippen molar-refractivity contribution in [3.05, 3.63) is 51.5 Å². The second-order valence-electron chi connectivity index (χ2n) is 6.45. The van der Waals surface area contributed by atoms with Crippen molar-refractivity contribution < 1.29 is 4.79 Å². The van der Waals surface area contributed by atoms with Crippen LogP contribution in [0.4, 0.5) is 0 Å². The second-order valence-corrected chi connectivity index (χ2v) is 6.89. The summed E-state index contributed by atoms with van der Waals surface area (Å²) in [6, 6.07) is 8.89. The van der Waals surface area contributed by atoms with Gasteiger partial charge in [-0.3, -0.25) is 4.79 Å². The number of benzene rings is 1.